The molecule has 1 aliphatic heterocycles. The maximum Gasteiger partial charge on any atom is 0.151 e. The molecule has 0 saturated carbocycles. The van der Waals surface area contributed by atoms with E-state index in [9.17, 15) is 13.5 Å². The van der Waals surface area contributed by atoms with Gasteiger partial charge in [-0.25, -0.2) is 8.42 Å². The summed E-state index contributed by atoms with van der Waals surface area (Å²) < 4.78 is 22.9. The van der Waals surface area contributed by atoms with Crippen LogP contribution in [0.2, 0.25) is 0 Å². The summed E-state index contributed by atoms with van der Waals surface area (Å²) in [6.07, 6.45) is 3.78. The van der Waals surface area contributed by atoms with Crippen molar-refractivity contribution in [1.82, 2.24) is 10.2 Å². The van der Waals surface area contributed by atoms with Gasteiger partial charge in [0.05, 0.1) is 18.1 Å². The first kappa shape index (κ1) is 17.9. The van der Waals surface area contributed by atoms with E-state index >= 15 is 0 Å². The van der Waals surface area contributed by atoms with Gasteiger partial charge in [0.1, 0.15) is 0 Å². The Hall–Kier alpha value is -0.170. The summed E-state index contributed by atoms with van der Waals surface area (Å²) >= 11 is 0. The molecule has 0 bridgehead atoms. The molecule has 1 fully saturated rings. The minimum absolute atomic E-state index is 0.150. The first-order valence-electron chi connectivity index (χ1n) is 7.58. The van der Waals surface area contributed by atoms with E-state index in [1.165, 1.54) is 0 Å². The van der Waals surface area contributed by atoms with Gasteiger partial charge in [-0.1, -0.05) is 13.3 Å². The van der Waals surface area contributed by atoms with Crippen molar-refractivity contribution in [1.29, 1.82) is 0 Å². The van der Waals surface area contributed by atoms with E-state index in [1.54, 1.807) is 0 Å². The van der Waals surface area contributed by atoms with Crippen molar-refractivity contribution in [2.45, 2.75) is 51.1 Å². The van der Waals surface area contributed by atoms with Crippen LogP contribution < -0.4 is 5.32 Å². The van der Waals surface area contributed by atoms with E-state index in [0.717, 1.165) is 38.8 Å². The number of aliphatic hydroxyl groups excluding tert-OH is 1. The zero-order chi connectivity index (χ0) is 15.2. The zero-order valence-corrected chi connectivity index (χ0v) is 13.9. The van der Waals surface area contributed by atoms with Crippen molar-refractivity contribution in [2.24, 2.45) is 0 Å². The number of nitrogens with zero attached hydrogens (tertiary/aromatic N) is 1. The molecule has 20 heavy (non-hydrogen) atoms. The summed E-state index contributed by atoms with van der Waals surface area (Å²) in [7, 11) is -0.775. The average Bonchev–Trinajstić information content (AvgIpc) is 2.75. The third kappa shape index (κ3) is 5.68. The van der Waals surface area contributed by atoms with Crippen LogP contribution >= 0.6 is 0 Å². The van der Waals surface area contributed by atoms with Crippen LogP contribution in [0.25, 0.3) is 0 Å². The van der Waals surface area contributed by atoms with Gasteiger partial charge in [-0.3, -0.25) is 0 Å². The Morgan fingerprint density at radius 2 is 2.10 bits per heavy atom. The molecule has 0 spiro atoms. The maximum atomic E-state index is 11.5. The molecule has 0 aromatic heterocycles. The molecule has 120 valence electrons. The number of nitrogens with one attached hydrogen (secondary N) is 1. The SMILES string of the molecule is CCNC(C)(CO)CCCCN(C)C1CCS(=O)(=O)C1. The fraction of sp³-hybridized carbons (Fsp3) is 1.00. The summed E-state index contributed by atoms with van der Waals surface area (Å²) in [5.74, 6) is 0.653. The van der Waals surface area contributed by atoms with Gasteiger partial charge in [0.25, 0.3) is 0 Å². The minimum atomic E-state index is -2.79. The molecule has 0 aromatic rings. The van der Waals surface area contributed by atoms with Crippen LogP contribution in [0.5, 0.6) is 0 Å². The Morgan fingerprint density at radius 3 is 2.60 bits per heavy atom. The molecule has 1 rings (SSSR count). The van der Waals surface area contributed by atoms with Crippen LogP contribution in [0, 0.1) is 0 Å². The molecular weight excluding hydrogens is 276 g/mol. The Kier molecular flexibility index (Phi) is 6.91. The summed E-state index contributed by atoms with van der Waals surface area (Å²) in [5.41, 5.74) is -0.190. The van der Waals surface area contributed by atoms with E-state index in [0.29, 0.717) is 11.5 Å². The van der Waals surface area contributed by atoms with Crippen molar-refractivity contribution >= 4 is 9.84 Å². The number of hydrogen-bond donors (Lipinski definition) is 2. The molecule has 2 atom stereocenters. The van der Waals surface area contributed by atoms with Gasteiger partial charge < -0.3 is 15.3 Å². The highest BCUT2D eigenvalue weighted by Gasteiger charge is 2.30. The van der Waals surface area contributed by atoms with Crippen molar-refractivity contribution in [3.05, 3.63) is 0 Å². The van der Waals surface area contributed by atoms with Gasteiger partial charge >= 0.3 is 0 Å². The Balaban J connectivity index is 2.24. The molecule has 0 radical (unpaired) electrons. The smallest absolute Gasteiger partial charge is 0.151 e. The quantitative estimate of drug-likeness (QED) is 0.612. The number of sulfone groups is 1. The molecule has 0 aromatic carbocycles. The van der Waals surface area contributed by atoms with Crippen LogP contribution in [-0.4, -0.2) is 68.3 Å². The van der Waals surface area contributed by atoms with Crippen LogP contribution in [0.1, 0.15) is 39.5 Å². The van der Waals surface area contributed by atoms with Crippen LogP contribution in [0.15, 0.2) is 0 Å². The molecule has 2 N–H and O–H groups in total. The van der Waals surface area contributed by atoms with E-state index in [2.05, 4.69) is 10.2 Å². The fourth-order valence-electron chi connectivity index (χ4n) is 2.83. The van der Waals surface area contributed by atoms with Crippen molar-refractivity contribution in [3.63, 3.8) is 0 Å². The highest BCUT2D eigenvalue weighted by molar-refractivity contribution is 7.91. The van der Waals surface area contributed by atoms with Crippen molar-refractivity contribution in [2.75, 3.05) is 38.2 Å². The average molecular weight is 306 g/mol. The second kappa shape index (κ2) is 7.73. The van der Waals surface area contributed by atoms with Crippen molar-refractivity contribution in [3.8, 4) is 0 Å². The predicted octanol–water partition coefficient (Wildman–Crippen LogP) is 0.636. The number of unbranched alkanes of at least 4 members (excludes halogenated alkanes) is 1. The Bertz CT molecular complexity index is 386. The standard InChI is InChI=1S/C14H30N2O3S/c1-4-15-14(2,12-17)8-5-6-9-16(3)13-7-10-20(18,19)11-13/h13,15,17H,4-12H2,1-3H3. The first-order chi connectivity index (χ1) is 9.32. The van der Waals surface area contributed by atoms with Gasteiger partial charge in [-0.05, 0) is 46.3 Å². The lowest BCUT2D eigenvalue weighted by Crippen LogP contribution is -2.45. The summed E-state index contributed by atoms with van der Waals surface area (Å²) in [6.45, 7) is 6.02. The molecule has 2 unspecified atom stereocenters. The van der Waals surface area contributed by atoms with E-state index in [-0.39, 0.29) is 18.2 Å². The first-order valence-corrected chi connectivity index (χ1v) is 9.40. The van der Waals surface area contributed by atoms with Gasteiger partial charge in [0, 0.05) is 11.6 Å². The zero-order valence-electron chi connectivity index (χ0n) is 13.1. The minimum Gasteiger partial charge on any atom is -0.394 e. The normalized spacial score (nSPS) is 24.9. The molecule has 0 amide bonds. The van der Waals surface area contributed by atoms with E-state index < -0.39 is 9.84 Å². The molecule has 1 aliphatic rings. The fourth-order valence-corrected chi connectivity index (χ4v) is 4.64. The third-order valence-corrected chi connectivity index (χ3v) is 6.02. The number of rotatable bonds is 9. The van der Waals surface area contributed by atoms with Gasteiger partial charge in [0.15, 0.2) is 9.84 Å². The van der Waals surface area contributed by atoms with E-state index in [1.807, 2.05) is 20.9 Å². The highest BCUT2D eigenvalue weighted by atomic mass is 32.2. The second-order valence-corrected chi connectivity index (χ2v) is 8.47. The molecule has 1 heterocycles. The summed E-state index contributed by atoms with van der Waals surface area (Å²) in [5, 5.41) is 12.7. The van der Waals surface area contributed by atoms with Crippen LogP contribution in [0.3, 0.4) is 0 Å². The maximum absolute atomic E-state index is 11.5. The third-order valence-electron chi connectivity index (χ3n) is 4.27. The van der Waals surface area contributed by atoms with Gasteiger partial charge in [-0.2, -0.15) is 0 Å². The highest BCUT2D eigenvalue weighted by Crippen LogP contribution is 2.18. The lowest BCUT2D eigenvalue weighted by molar-refractivity contribution is 0.162. The summed E-state index contributed by atoms with van der Waals surface area (Å²) in [6, 6.07) is 0.193. The number of hydrogen-bond acceptors (Lipinski definition) is 5. The van der Waals surface area contributed by atoms with Crippen LogP contribution in [-0.2, 0) is 9.84 Å². The number of aliphatic hydroxyl groups is 1. The van der Waals surface area contributed by atoms with Gasteiger partial charge in [-0.15, -0.1) is 0 Å². The Labute approximate surface area is 123 Å². The monoisotopic (exact) mass is 306 g/mol. The predicted molar refractivity (Wildman–Crippen MR) is 82.7 cm³/mol. The Morgan fingerprint density at radius 1 is 1.40 bits per heavy atom. The molecule has 5 nitrogen and oxygen atoms in total. The molecule has 1 saturated heterocycles. The topological polar surface area (TPSA) is 69.6 Å². The largest absolute Gasteiger partial charge is 0.394 e. The number of likely N-dealkylation sites (N-methyl/N-ethyl adjacent to an activating group) is 1. The molecule has 0 aliphatic carbocycles. The second-order valence-electron chi connectivity index (χ2n) is 6.24. The lowest BCUT2D eigenvalue weighted by Gasteiger charge is -2.29. The molecular formula is C14H30N2O3S. The molecule has 6 heteroatoms. The van der Waals surface area contributed by atoms with Crippen LogP contribution in [0.4, 0.5) is 0 Å². The van der Waals surface area contributed by atoms with E-state index in [4.69, 9.17) is 0 Å². The lowest BCUT2D eigenvalue weighted by atomic mass is 9.95. The van der Waals surface area contributed by atoms with Crippen molar-refractivity contribution < 1.29 is 13.5 Å². The summed E-state index contributed by atoms with van der Waals surface area (Å²) in [4.78, 5) is 2.17. The van der Waals surface area contributed by atoms with Gasteiger partial charge in [0.2, 0.25) is 0 Å².